The maximum Gasteiger partial charge on any atom is 0.343 e. The fourth-order valence-corrected chi connectivity index (χ4v) is 3.38. The molecule has 0 unspecified atom stereocenters. The first-order chi connectivity index (χ1) is 15.5. The number of esters is 1. The number of aromatic amines is 1. The zero-order valence-corrected chi connectivity index (χ0v) is 17.6. The van der Waals surface area contributed by atoms with Crippen molar-refractivity contribution >= 4 is 39.4 Å². The number of pyridine rings is 2. The van der Waals surface area contributed by atoms with Crippen LogP contribution in [0.1, 0.15) is 34.6 Å². The maximum atomic E-state index is 12.7. The molecule has 0 aliphatic carbocycles. The van der Waals surface area contributed by atoms with Crippen molar-refractivity contribution < 1.29 is 19.1 Å². The Morgan fingerprint density at radius 3 is 2.56 bits per heavy atom. The van der Waals surface area contributed by atoms with Gasteiger partial charge in [0, 0.05) is 28.9 Å². The number of carbonyl (C=O) groups is 2. The van der Waals surface area contributed by atoms with Gasteiger partial charge in [0.2, 0.25) is 5.43 Å². The number of aromatic nitrogens is 2. The molecule has 1 amide bonds. The molecule has 0 spiro atoms. The first kappa shape index (κ1) is 21.0. The summed E-state index contributed by atoms with van der Waals surface area (Å²) in [5.41, 5.74) is 1.51. The molecule has 0 aliphatic rings. The van der Waals surface area contributed by atoms with Gasteiger partial charge in [-0.05, 0) is 50.2 Å². The van der Waals surface area contributed by atoms with Gasteiger partial charge in [0.05, 0.1) is 29.8 Å². The molecule has 0 saturated heterocycles. The average Bonchev–Trinajstić information content (AvgIpc) is 2.80. The zero-order valence-electron chi connectivity index (χ0n) is 17.6. The highest BCUT2D eigenvalue weighted by Gasteiger charge is 2.16. The average molecular weight is 431 g/mol. The Hall–Kier alpha value is -4.20. The number of anilines is 1. The number of nitrogens with one attached hydrogen (secondary N) is 2. The Balaban J connectivity index is 1.64. The number of carbonyl (C=O) groups excluding carboxylic acids is 2. The molecule has 0 radical (unpaired) electrons. The quantitative estimate of drug-likeness (QED) is 0.354. The third-order valence-corrected chi connectivity index (χ3v) is 4.88. The van der Waals surface area contributed by atoms with E-state index in [1.54, 1.807) is 49.4 Å². The molecule has 2 N–H and O–H groups in total. The first-order valence-electron chi connectivity index (χ1n) is 10.2. The minimum Gasteiger partial charge on any atom is -0.494 e. The summed E-state index contributed by atoms with van der Waals surface area (Å²) in [5, 5.41) is 3.83. The van der Waals surface area contributed by atoms with Crippen LogP contribution in [0.3, 0.4) is 0 Å². The molecular formula is C24H21N3O5. The number of nitrogens with zero attached hydrogens (tertiary/aromatic N) is 1. The molecule has 0 atom stereocenters. The standard InChI is InChI=1S/C24H21N3O5/c1-3-31-17-8-6-16(7-9-17)27-23(29)15-11-14-5-10-18-21(20(14)25-12-15)26-13-19(22(18)28)24(30)32-4-2/h5-13H,3-4H2,1-2H3,(H,26,28)(H,27,29). The molecular weight excluding hydrogens is 410 g/mol. The third-order valence-electron chi connectivity index (χ3n) is 4.88. The van der Waals surface area contributed by atoms with Gasteiger partial charge in [-0.15, -0.1) is 0 Å². The van der Waals surface area contributed by atoms with E-state index >= 15 is 0 Å². The number of hydrogen-bond donors (Lipinski definition) is 2. The molecule has 0 fully saturated rings. The van der Waals surface area contributed by atoms with Crippen molar-refractivity contribution in [3.8, 4) is 5.75 Å². The van der Waals surface area contributed by atoms with E-state index in [4.69, 9.17) is 9.47 Å². The molecule has 0 bridgehead atoms. The van der Waals surface area contributed by atoms with Gasteiger partial charge in [-0.25, -0.2) is 4.79 Å². The molecule has 8 nitrogen and oxygen atoms in total. The monoisotopic (exact) mass is 431 g/mol. The summed E-state index contributed by atoms with van der Waals surface area (Å²) in [7, 11) is 0. The lowest BCUT2D eigenvalue weighted by atomic mass is 10.1. The Kier molecular flexibility index (Phi) is 5.85. The van der Waals surface area contributed by atoms with Crippen LogP contribution in [0.15, 0.2) is 59.7 Å². The fraction of sp³-hybridized carbons (Fsp3) is 0.167. The van der Waals surface area contributed by atoms with Crippen LogP contribution < -0.4 is 15.5 Å². The summed E-state index contributed by atoms with van der Waals surface area (Å²) in [5.74, 6) is -0.260. The lowest BCUT2D eigenvalue weighted by Gasteiger charge is -2.09. The zero-order chi connectivity index (χ0) is 22.7. The van der Waals surface area contributed by atoms with E-state index in [-0.39, 0.29) is 18.1 Å². The maximum absolute atomic E-state index is 12.7. The highest BCUT2D eigenvalue weighted by molar-refractivity contribution is 6.09. The summed E-state index contributed by atoms with van der Waals surface area (Å²) in [6.07, 6.45) is 2.78. The highest BCUT2D eigenvalue weighted by atomic mass is 16.5. The summed E-state index contributed by atoms with van der Waals surface area (Å²) >= 11 is 0. The van der Waals surface area contributed by atoms with Crippen molar-refractivity contribution in [3.05, 3.63) is 76.2 Å². The third kappa shape index (κ3) is 4.02. The molecule has 2 heterocycles. The van der Waals surface area contributed by atoms with Crippen LogP contribution in [0.4, 0.5) is 5.69 Å². The van der Waals surface area contributed by atoms with E-state index in [0.717, 1.165) is 5.75 Å². The second kappa shape index (κ2) is 8.89. The molecule has 4 aromatic rings. The largest absolute Gasteiger partial charge is 0.494 e. The minimum atomic E-state index is -0.676. The summed E-state index contributed by atoms with van der Waals surface area (Å²) < 4.78 is 10.3. The molecule has 2 aromatic carbocycles. The lowest BCUT2D eigenvalue weighted by Crippen LogP contribution is -2.18. The van der Waals surface area contributed by atoms with Gasteiger partial charge in [0.15, 0.2) is 0 Å². The molecule has 32 heavy (non-hydrogen) atoms. The summed E-state index contributed by atoms with van der Waals surface area (Å²) in [6.45, 7) is 4.32. The smallest absolute Gasteiger partial charge is 0.343 e. The van der Waals surface area contributed by atoms with Crippen LogP contribution in [-0.4, -0.2) is 35.1 Å². The lowest BCUT2D eigenvalue weighted by molar-refractivity contribution is 0.0524. The molecule has 0 saturated carbocycles. The van der Waals surface area contributed by atoms with Crippen LogP contribution in [0.2, 0.25) is 0 Å². The number of amides is 1. The SMILES string of the molecule is CCOC(=O)c1c[nH]c2c(ccc3cc(C(=O)Nc4ccc(OCC)cc4)cnc32)c1=O. The van der Waals surface area contributed by atoms with Crippen molar-refractivity contribution in [1.29, 1.82) is 0 Å². The molecule has 8 heteroatoms. The van der Waals surface area contributed by atoms with Gasteiger partial charge in [-0.3, -0.25) is 14.6 Å². The van der Waals surface area contributed by atoms with Gasteiger partial charge in [0.1, 0.15) is 11.3 Å². The molecule has 2 aromatic heterocycles. The van der Waals surface area contributed by atoms with E-state index in [2.05, 4.69) is 15.3 Å². The van der Waals surface area contributed by atoms with E-state index in [9.17, 15) is 14.4 Å². The van der Waals surface area contributed by atoms with Gasteiger partial charge in [0.25, 0.3) is 5.91 Å². The Morgan fingerprint density at radius 2 is 1.84 bits per heavy atom. The second-order valence-electron chi connectivity index (χ2n) is 6.95. The van der Waals surface area contributed by atoms with Crippen LogP contribution in [0.25, 0.3) is 21.8 Å². The van der Waals surface area contributed by atoms with E-state index in [1.807, 2.05) is 6.92 Å². The minimum absolute atomic E-state index is 0.0648. The van der Waals surface area contributed by atoms with Crippen molar-refractivity contribution in [1.82, 2.24) is 9.97 Å². The highest BCUT2D eigenvalue weighted by Crippen LogP contribution is 2.22. The van der Waals surface area contributed by atoms with Crippen LogP contribution in [-0.2, 0) is 4.74 Å². The first-order valence-corrected chi connectivity index (χ1v) is 10.2. The van der Waals surface area contributed by atoms with Crippen LogP contribution in [0.5, 0.6) is 5.75 Å². The number of H-pyrrole nitrogens is 1. The van der Waals surface area contributed by atoms with Crippen molar-refractivity contribution in [2.75, 3.05) is 18.5 Å². The predicted octanol–water partition coefficient (Wildman–Crippen LogP) is 3.90. The number of ether oxygens (including phenoxy) is 2. The molecule has 4 rings (SSSR count). The van der Waals surface area contributed by atoms with Crippen molar-refractivity contribution in [2.24, 2.45) is 0 Å². The number of benzene rings is 2. The number of fused-ring (bicyclic) bond motifs is 3. The van der Waals surface area contributed by atoms with Crippen molar-refractivity contribution in [3.63, 3.8) is 0 Å². The predicted molar refractivity (Wildman–Crippen MR) is 121 cm³/mol. The normalized spacial score (nSPS) is 10.8. The summed E-state index contributed by atoms with van der Waals surface area (Å²) in [6, 6.07) is 12.1. The molecule has 0 aliphatic heterocycles. The van der Waals surface area contributed by atoms with E-state index < -0.39 is 11.4 Å². The van der Waals surface area contributed by atoms with E-state index in [0.29, 0.717) is 39.7 Å². The Labute approximate surface area is 183 Å². The Morgan fingerprint density at radius 1 is 1.06 bits per heavy atom. The van der Waals surface area contributed by atoms with Crippen molar-refractivity contribution in [2.45, 2.75) is 13.8 Å². The number of hydrogen-bond acceptors (Lipinski definition) is 6. The van der Waals surface area contributed by atoms with Gasteiger partial charge in [-0.1, -0.05) is 6.07 Å². The van der Waals surface area contributed by atoms with Crippen LogP contribution in [0, 0.1) is 0 Å². The number of rotatable bonds is 6. The Bertz CT molecular complexity index is 1380. The van der Waals surface area contributed by atoms with Crippen LogP contribution >= 0.6 is 0 Å². The topological polar surface area (TPSA) is 110 Å². The fourth-order valence-electron chi connectivity index (χ4n) is 3.38. The van der Waals surface area contributed by atoms with Gasteiger partial charge < -0.3 is 19.8 Å². The molecule has 162 valence electrons. The second-order valence-corrected chi connectivity index (χ2v) is 6.95. The summed E-state index contributed by atoms with van der Waals surface area (Å²) in [4.78, 5) is 44.7. The van der Waals surface area contributed by atoms with Gasteiger partial charge >= 0.3 is 5.97 Å². The van der Waals surface area contributed by atoms with E-state index in [1.165, 1.54) is 12.4 Å². The van der Waals surface area contributed by atoms with Gasteiger partial charge in [-0.2, -0.15) is 0 Å².